The molecule has 3 nitrogen and oxygen atoms in total. The lowest BCUT2D eigenvalue weighted by Gasteiger charge is -2.17. The number of hydrogen-bond donors (Lipinski definition) is 2. The third-order valence-corrected chi connectivity index (χ3v) is 3.16. The fraction of sp³-hybridized carbons (Fsp3) is 0.267. The van der Waals surface area contributed by atoms with E-state index in [0.29, 0.717) is 0 Å². The quantitative estimate of drug-likeness (QED) is 0.639. The molecular weight excluding hydrogens is 222 g/mol. The first kappa shape index (κ1) is 12.7. The highest BCUT2D eigenvalue weighted by Crippen LogP contribution is 2.21. The lowest BCUT2D eigenvalue weighted by Crippen LogP contribution is -2.28. The Morgan fingerprint density at radius 3 is 2.28 bits per heavy atom. The largest absolute Gasteiger partial charge is 0.271 e. The number of aryl methyl sites for hydroxylation is 2. The van der Waals surface area contributed by atoms with E-state index in [4.69, 9.17) is 5.84 Å². The lowest BCUT2D eigenvalue weighted by atomic mass is 9.99. The molecule has 1 unspecified atom stereocenters. The van der Waals surface area contributed by atoms with E-state index in [9.17, 15) is 0 Å². The van der Waals surface area contributed by atoms with Gasteiger partial charge in [0.05, 0.1) is 6.04 Å². The van der Waals surface area contributed by atoms with Gasteiger partial charge in [0.15, 0.2) is 0 Å². The Hall–Kier alpha value is -1.71. The van der Waals surface area contributed by atoms with E-state index >= 15 is 0 Å². The minimum Gasteiger partial charge on any atom is -0.271 e. The molecule has 2 aromatic rings. The maximum Gasteiger partial charge on any atom is 0.0725 e. The summed E-state index contributed by atoms with van der Waals surface area (Å²) in [5, 5.41) is 0. The van der Waals surface area contributed by atoms with Crippen LogP contribution in [-0.4, -0.2) is 4.98 Å². The second-order valence-corrected chi connectivity index (χ2v) is 4.43. The van der Waals surface area contributed by atoms with Crippen molar-refractivity contribution in [1.82, 2.24) is 10.4 Å². The van der Waals surface area contributed by atoms with E-state index in [-0.39, 0.29) is 6.04 Å². The first-order valence-corrected chi connectivity index (χ1v) is 6.22. The van der Waals surface area contributed by atoms with Gasteiger partial charge in [0, 0.05) is 11.9 Å². The molecule has 1 aromatic carbocycles. The van der Waals surface area contributed by atoms with E-state index in [2.05, 4.69) is 47.7 Å². The van der Waals surface area contributed by atoms with E-state index in [1.165, 1.54) is 5.56 Å². The molecule has 0 saturated carbocycles. The Kier molecular flexibility index (Phi) is 4.07. The molecule has 0 bridgehead atoms. The number of benzene rings is 1. The predicted molar refractivity (Wildman–Crippen MR) is 74.0 cm³/mol. The van der Waals surface area contributed by atoms with Crippen LogP contribution >= 0.6 is 0 Å². The highest BCUT2D eigenvalue weighted by atomic mass is 15.2. The van der Waals surface area contributed by atoms with Crippen molar-refractivity contribution in [2.75, 3.05) is 0 Å². The van der Waals surface area contributed by atoms with Crippen molar-refractivity contribution in [2.45, 2.75) is 26.3 Å². The topological polar surface area (TPSA) is 50.9 Å². The van der Waals surface area contributed by atoms with Crippen LogP contribution in [0.1, 0.15) is 35.3 Å². The Labute approximate surface area is 108 Å². The van der Waals surface area contributed by atoms with E-state index in [1.807, 2.05) is 19.2 Å². The molecule has 1 atom stereocenters. The van der Waals surface area contributed by atoms with E-state index in [0.717, 1.165) is 23.2 Å². The van der Waals surface area contributed by atoms with Crippen LogP contribution in [0.4, 0.5) is 0 Å². The number of hydrazine groups is 1. The van der Waals surface area contributed by atoms with Gasteiger partial charge < -0.3 is 0 Å². The van der Waals surface area contributed by atoms with Crippen molar-refractivity contribution in [2.24, 2.45) is 5.84 Å². The van der Waals surface area contributed by atoms with Crippen molar-refractivity contribution >= 4 is 0 Å². The van der Waals surface area contributed by atoms with Gasteiger partial charge in [-0.15, -0.1) is 0 Å². The van der Waals surface area contributed by atoms with Crippen molar-refractivity contribution in [1.29, 1.82) is 0 Å². The number of nitrogens with one attached hydrogen (secondary N) is 1. The monoisotopic (exact) mass is 241 g/mol. The standard InChI is InChI=1S/C15H19N3/c1-3-12-5-8-13(9-6-12)15(18-16)14-7-4-11(2)17-10-14/h4-10,15,18H,3,16H2,1-2H3. The molecule has 2 rings (SSSR count). The highest BCUT2D eigenvalue weighted by Gasteiger charge is 2.12. The van der Waals surface area contributed by atoms with Gasteiger partial charge in [-0.3, -0.25) is 10.8 Å². The maximum absolute atomic E-state index is 5.67. The summed E-state index contributed by atoms with van der Waals surface area (Å²) < 4.78 is 0. The Balaban J connectivity index is 2.29. The van der Waals surface area contributed by atoms with Crippen LogP contribution in [0.15, 0.2) is 42.6 Å². The summed E-state index contributed by atoms with van der Waals surface area (Å²) in [7, 11) is 0. The third kappa shape index (κ3) is 2.75. The van der Waals surface area contributed by atoms with Gasteiger partial charge in [0.1, 0.15) is 0 Å². The molecule has 0 aliphatic heterocycles. The Bertz CT molecular complexity index is 488. The molecule has 0 aliphatic carbocycles. The zero-order chi connectivity index (χ0) is 13.0. The molecular formula is C15H19N3. The normalized spacial score (nSPS) is 12.4. The molecule has 0 amide bonds. The van der Waals surface area contributed by atoms with Crippen LogP contribution < -0.4 is 11.3 Å². The van der Waals surface area contributed by atoms with E-state index < -0.39 is 0 Å². The van der Waals surface area contributed by atoms with Crippen LogP contribution in [0, 0.1) is 6.92 Å². The second kappa shape index (κ2) is 5.76. The molecule has 18 heavy (non-hydrogen) atoms. The first-order valence-electron chi connectivity index (χ1n) is 6.22. The van der Waals surface area contributed by atoms with Crippen molar-refractivity contribution in [3.63, 3.8) is 0 Å². The van der Waals surface area contributed by atoms with Crippen LogP contribution in [-0.2, 0) is 6.42 Å². The Morgan fingerprint density at radius 2 is 1.78 bits per heavy atom. The minimum absolute atomic E-state index is 0.0102. The number of nitrogens with zero attached hydrogens (tertiary/aromatic N) is 1. The molecule has 0 radical (unpaired) electrons. The van der Waals surface area contributed by atoms with Crippen molar-refractivity contribution in [3.8, 4) is 0 Å². The fourth-order valence-corrected chi connectivity index (χ4v) is 1.98. The smallest absolute Gasteiger partial charge is 0.0725 e. The molecule has 0 saturated heterocycles. The molecule has 0 aliphatic rings. The van der Waals surface area contributed by atoms with Crippen molar-refractivity contribution in [3.05, 3.63) is 65.0 Å². The van der Waals surface area contributed by atoms with Gasteiger partial charge in [-0.05, 0) is 36.1 Å². The lowest BCUT2D eigenvalue weighted by molar-refractivity contribution is 0.634. The molecule has 0 spiro atoms. The average molecular weight is 241 g/mol. The van der Waals surface area contributed by atoms with E-state index in [1.54, 1.807) is 0 Å². The van der Waals surface area contributed by atoms with Crippen LogP contribution in [0.25, 0.3) is 0 Å². The van der Waals surface area contributed by atoms with Crippen LogP contribution in [0.3, 0.4) is 0 Å². The molecule has 1 aromatic heterocycles. The molecule has 1 heterocycles. The van der Waals surface area contributed by atoms with Gasteiger partial charge in [-0.1, -0.05) is 37.3 Å². The summed E-state index contributed by atoms with van der Waals surface area (Å²) in [6, 6.07) is 12.6. The number of nitrogens with two attached hydrogens (primary N) is 1. The highest BCUT2D eigenvalue weighted by molar-refractivity contribution is 5.32. The first-order chi connectivity index (χ1) is 8.74. The average Bonchev–Trinajstić information content (AvgIpc) is 2.42. The molecule has 94 valence electrons. The van der Waals surface area contributed by atoms with Gasteiger partial charge >= 0.3 is 0 Å². The zero-order valence-corrected chi connectivity index (χ0v) is 10.9. The third-order valence-electron chi connectivity index (χ3n) is 3.16. The second-order valence-electron chi connectivity index (χ2n) is 4.43. The van der Waals surface area contributed by atoms with Gasteiger partial charge in [0.25, 0.3) is 0 Å². The summed E-state index contributed by atoms with van der Waals surface area (Å²) in [6.07, 6.45) is 2.92. The zero-order valence-electron chi connectivity index (χ0n) is 10.9. The number of rotatable bonds is 4. The fourth-order valence-electron chi connectivity index (χ4n) is 1.98. The summed E-state index contributed by atoms with van der Waals surface area (Å²) in [5.74, 6) is 5.67. The van der Waals surface area contributed by atoms with Gasteiger partial charge in [-0.2, -0.15) is 0 Å². The maximum atomic E-state index is 5.67. The van der Waals surface area contributed by atoms with Crippen LogP contribution in [0.5, 0.6) is 0 Å². The summed E-state index contributed by atoms with van der Waals surface area (Å²) in [5.41, 5.74) is 7.42. The summed E-state index contributed by atoms with van der Waals surface area (Å²) >= 11 is 0. The molecule has 0 fully saturated rings. The molecule has 3 N–H and O–H groups in total. The number of pyridine rings is 1. The van der Waals surface area contributed by atoms with Gasteiger partial charge in [0.2, 0.25) is 0 Å². The van der Waals surface area contributed by atoms with Crippen molar-refractivity contribution < 1.29 is 0 Å². The number of hydrogen-bond acceptors (Lipinski definition) is 3. The minimum atomic E-state index is -0.0102. The summed E-state index contributed by atoms with van der Waals surface area (Å²) in [4.78, 5) is 4.31. The van der Waals surface area contributed by atoms with Crippen LogP contribution in [0.2, 0.25) is 0 Å². The molecule has 3 heteroatoms. The SMILES string of the molecule is CCc1ccc(C(NN)c2ccc(C)nc2)cc1. The Morgan fingerprint density at radius 1 is 1.11 bits per heavy atom. The predicted octanol–water partition coefficient (Wildman–Crippen LogP) is 2.51. The summed E-state index contributed by atoms with van der Waals surface area (Å²) in [6.45, 7) is 4.13. The van der Waals surface area contributed by atoms with Gasteiger partial charge in [-0.25, -0.2) is 5.43 Å². The number of aromatic nitrogens is 1.